The summed E-state index contributed by atoms with van der Waals surface area (Å²) in [5, 5.41) is 0. The van der Waals surface area contributed by atoms with Crippen LogP contribution in [0, 0.1) is 0 Å². The van der Waals surface area contributed by atoms with Gasteiger partial charge in [-0.25, -0.2) is 0 Å². The number of esters is 1. The Morgan fingerprint density at radius 1 is 1.04 bits per heavy atom. The summed E-state index contributed by atoms with van der Waals surface area (Å²) in [7, 11) is 0. The number of ether oxygens (including phenoxy) is 2. The van der Waals surface area contributed by atoms with Gasteiger partial charge in [-0.1, -0.05) is 12.1 Å². The highest BCUT2D eigenvalue weighted by molar-refractivity contribution is 7.09. The molecular formula is C18H16N2O3S. The van der Waals surface area contributed by atoms with E-state index in [1.54, 1.807) is 35.4 Å². The van der Waals surface area contributed by atoms with Gasteiger partial charge in [0.25, 0.3) is 0 Å². The summed E-state index contributed by atoms with van der Waals surface area (Å²) in [5.41, 5.74) is 2.68. The molecule has 0 atom stereocenters. The zero-order chi connectivity index (χ0) is 16.6. The average molecular weight is 340 g/mol. The summed E-state index contributed by atoms with van der Waals surface area (Å²) in [6.45, 7) is 0.259. The summed E-state index contributed by atoms with van der Waals surface area (Å²) in [6, 6.07) is 11.1. The standard InChI is InChI=1S/C18H16N2O3S/c21-18(8-7-17-11-20-13-24-17)22-12-14-3-5-15(6-4-14)23-16-2-1-9-19-10-16/h1-6,9-11,13H,7-8,12H2. The molecule has 0 aliphatic carbocycles. The lowest BCUT2D eigenvalue weighted by atomic mass is 10.2. The average Bonchev–Trinajstić information content (AvgIpc) is 3.14. The molecule has 0 aliphatic heterocycles. The minimum Gasteiger partial charge on any atom is -0.461 e. The fourth-order valence-corrected chi connectivity index (χ4v) is 2.62. The number of aryl methyl sites for hydroxylation is 1. The fourth-order valence-electron chi connectivity index (χ4n) is 2.02. The highest BCUT2D eigenvalue weighted by Gasteiger charge is 2.06. The van der Waals surface area contributed by atoms with Crippen molar-refractivity contribution in [3.05, 3.63) is 70.9 Å². The number of nitrogens with zero attached hydrogens (tertiary/aromatic N) is 2. The number of rotatable bonds is 7. The maximum atomic E-state index is 11.8. The molecule has 2 aromatic heterocycles. The third-order valence-corrected chi connectivity index (χ3v) is 4.09. The van der Waals surface area contributed by atoms with Crippen LogP contribution in [0.1, 0.15) is 16.9 Å². The molecule has 0 aliphatic rings. The summed E-state index contributed by atoms with van der Waals surface area (Å²) in [5.74, 6) is 1.18. The van der Waals surface area contributed by atoms with E-state index in [9.17, 15) is 4.79 Å². The first-order valence-electron chi connectivity index (χ1n) is 7.49. The van der Waals surface area contributed by atoms with Crippen LogP contribution in [0.5, 0.6) is 11.5 Å². The smallest absolute Gasteiger partial charge is 0.306 e. The lowest BCUT2D eigenvalue weighted by Gasteiger charge is -2.07. The van der Waals surface area contributed by atoms with Crippen LogP contribution < -0.4 is 4.74 Å². The molecule has 1 aromatic carbocycles. The molecule has 3 rings (SSSR count). The van der Waals surface area contributed by atoms with E-state index in [4.69, 9.17) is 9.47 Å². The molecule has 0 bridgehead atoms. The van der Waals surface area contributed by atoms with E-state index >= 15 is 0 Å². The number of aromatic nitrogens is 2. The van der Waals surface area contributed by atoms with E-state index in [0.29, 0.717) is 24.3 Å². The van der Waals surface area contributed by atoms with Gasteiger partial charge in [0.05, 0.1) is 18.1 Å². The summed E-state index contributed by atoms with van der Waals surface area (Å²) in [4.78, 5) is 20.8. The first kappa shape index (κ1) is 16.1. The van der Waals surface area contributed by atoms with Gasteiger partial charge in [-0.15, -0.1) is 11.3 Å². The van der Waals surface area contributed by atoms with E-state index in [-0.39, 0.29) is 12.6 Å². The number of hydrogen-bond acceptors (Lipinski definition) is 6. The second kappa shape index (κ2) is 8.21. The number of thiazole rings is 1. The van der Waals surface area contributed by atoms with Gasteiger partial charge < -0.3 is 9.47 Å². The Balaban J connectivity index is 1.45. The first-order valence-corrected chi connectivity index (χ1v) is 8.37. The fraction of sp³-hybridized carbons (Fsp3) is 0.167. The number of benzene rings is 1. The van der Waals surface area contributed by atoms with Gasteiger partial charge in [-0.05, 0) is 36.2 Å². The van der Waals surface area contributed by atoms with E-state index in [1.165, 1.54) is 0 Å². The van der Waals surface area contributed by atoms with E-state index in [2.05, 4.69) is 9.97 Å². The van der Waals surface area contributed by atoms with Crippen molar-refractivity contribution in [2.75, 3.05) is 0 Å². The molecule has 0 spiro atoms. The Kier molecular flexibility index (Phi) is 5.52. The molecule has 0 saturated carbocycles. The summed E-state index contributed by atoms with van der Waals surface area (Å²) < 4.78 is 10.9. The van der Waals surface area contributed by atoms with Crippen molar-refractivity contribution >= 4 is 17.3 Å². The first-order chi connectivity index (χ1) is 11.8. The Bertz CT molecular complexity index is 759. The zero-order valence-electron chi connectivity index (χ0n) is 12.9. The molecular weight excluding hydrogens is 324 g/mol. The maximum Gasteiger partial charge on any atom is 0.306 e. The summed E-state index contributed by atoms with van der Waals surface area (Å²) in [6.07, 6.45) is 6.16. The third-order valence-electron chi connectivity index (χ3n) is 3.25. The molecule has 0 saturated heterocycles. The maximum absolute atomic E-state index is 11.8. The van der Waals surface area contributed by atoms with Crippen LogP contribution >= 0.6 is 11.3 Å². The van der Waals surface area contributed by atoms with Crippen molar-refractivity contribution in [1.29, 1.82) is 0 Å². The molecule has 0 radical (unpaired) electrons. The topological polar surface area (TPSA) is 61.3 Å². The van der Waals surface area contributed by atoms with E-state index < -0.39 is 0 Å². The third kappa shape index (κ3) is 4.89. The van der Waals surface area contributed by atoms with Crippen molar-refractivity contribution in [2.45, 2.75) is 19.4 Å². The quantitative estimate of drug-likeness (QED) is 0.608. The Morgan fingerprint density at radius 2 is 1.92 bits per heavy atom. The largest absolute Gasteiger partial charge is 0.461 e. The predicted molar refractivity (Wildman–Crippen MR) is 91.0 cm³/mol. The Morgan fingerprint density at radius 3 is 2.62 bits per heavy atom. The predicted octanol–water partition coefficient (Wildman–Crippen LogP) is 4.01. The molecule has 0 amide bonds. The van der Waals surface area contributed by atoms with Gasteiger partial charge >= 0.3 is 5.97 Å². The van der Waals surface area contributed by atoms with Gasteiger partial charge in [-0.2, -0.15) is 0 Å². The normalized spacial score (nSPS) is 10.3. The minimum absolute atomic E-state index is 0.209. The number of hydrogen-bond donors (Lipinski definition) is 0. The molecule has 0 fully saturated rings. The number of carbonyl (C=O) groups excluding carboxylic acids is 1. The van der Waals surface area contributed by atoms with Gasteiger partial charge in [0.1, 0.15) is 18.1 Å². The van der Waals surface area contributed by atoms with Crippen molar-refractivity contribution in [3.63, 3.8) is 0 Å². The van der Waals surface area contributed by atoms with E-state index in [0.717, 1.165) is 10.4 Å². The highest BCUT2D eigenvalue weighted by atomic mass is 32.1. The molecule has 3 aromatic rings. The van der Waals surface area contributed by atoms with Crippen LogP contribution in [0.2, 0.25) is 0 Å². The lowest BCUT2D eigenvalue weighted by Crippen LogP contribution is -2.05. The summed E-state index contributed by atoms with van der Waals surface area (Å²) >= 11 is 1.54. The van der Waals surface area contributed by atoms with E-state index in [1.807, 2.05) is 36.4 Å². The number of carbonyl (C=O) groups is 1. The van der Waals surface area contributed by atoms with Crippen molar-refractivity contribution in [3.8, 4) is 11.5 Å². The molecule has 0 unspecified atom stereocenters. The molecule has 5 nitrogen and oxygen atoms in total. The van der Waals surface area contributed by atoms with Crippen LogP contribution in [-0.4, -0.2) is 15.9 Å². The van der Waals surface area contributed by atoms with Crippen LogP contribution in [0.25, 0.3) is 0 Å². The van der Waals surface area contributed by atoms with Crippen LogP contribution in [-0.2, 0) is 22.6 Å². The molecule has 122 valence electrons. The molecule has 2 heterocycles. The van der Waals surface area contributed by atoms with Crippen LogP contribution in [0.4, 0.5) is 0 Å². The molecule has 24 heavy (non-hydrogen) atoms. The van der Waals surface area contributed by atoms with Crippen molar-refractivity contribution < 1.29 is 14.3 Å². The monoisotopic (exact) mass is 340 g/mol. The Labute approximate surface area is 143 Å². The van der Waals surface area contributed by atoms with Crippen LogP contribution in [0.3, 0.4) is 0 Å². The van der Waals surface area contributed by atoms with Gasteiger partial charge in [-0.3, -0.25) is 14.8 Å². The van der Waals surface area contributed by atoms with Gasteiger partial charge in [0.15, 0.2) is 0 Å². The SMILES string of the molecule is O=C(CCc1cncs1)OCc1ccc(Oc2cccnc2)cc1. The lowest BCUT2D eigenvalue weighted by molar-refractivity contribution is -0.144. The molecule has 6 heteroatoms. The Hall–Kier alpha value is -2.73. The van der Waals surface area contributed by atoms with Crippen molar-refractivity contribution in [2.24, 2.45) is 0 Å². The molecule has 0 N–H and O–H groups in total. The van der Waals surface area contributed by atoms with Crippen LogP contribution in [0.15, 0.2) is 60.5 Å². The second-order valence-electron chi connectivity index (χ2n) is 5.06. The highest BCUT2D eigenvalue weighted by Crippen LogP contribution is 2.20. The second-order valence-corrected chi connectivity index (χ2v) is 6.03. The minimum atomic E-state index is -0.209. The zero-order valence-corrected chi connectivity index (χ0v) is 13.7. The number of pyridine rings is 1. The van der Waals surface area contributed by atoms with Gasteiger partial charge in [0.2, 0.25) is 0 Å². The van der Waals surface area contributed by atoms with Crippen molar-refractivity contribution in [1.82, 2.24) is 9.97 Å². The van der Waals surface area contributed by atoms with Gasteiger partial charge in [0, 0.05) is 17.3 Å².